The summed E-state index contributed by atoms with van der Waals surface area (Å²) < 4.78 is 11.9. The van der Waals surface area contributed by atoms with Crippen LogP contribution in [0.3, 0.4) is 0 Å². The quantitative estimate of drug-likeness (QED) is 0.595. The lowest BCUT2D eigenvalue weighted by Crippen LogP contribution is -2.42. The SMILES string of the molecule is S=C1N[C@@H](c2ccccn2)[C@@H](c2ccc(-c3ccccc3)o2)N1CCN1CCOCC1. The highest BCUT2D eigenvalue weighted by atomic mass is 32.1. The summed E-state index contributed by atoms with van der Waals surface area (Å²) in [7, 11) is 0. The second kappa shape index (κ2) is 9.18. The first-order valence-electron chi connectivity index (χ1n) is 10.7. The first kappa shape index (κ1) is 20.2. The number of aromatic nitrogens is 1. The highest BCUT2D eigenvalue weighted by Crippen LogP contribution is 2.40. The molecule has 7 heteroatoms. The molecular formula is C24H26N4O2S. The van der Waals surface area contributed by atoms with Crippen LogP contribution in [0, 0.1) is 0 Å². The third-order valence-electron chi connectivity index (χ3n) is 5.94. The van der Waals surface area contributed by atoms with E-state index in [2.05, 4.69) is 38.3 Å². The number of hydrogen-bond acceptors (Lipinski definition) is 5. The number of nitrogens with one attached hydrogen (secondary N) is 1. The average Bonchev–Trinajstić information content (AvgIpc) is 3.44. The van der Waals surface area contributed by atoms with Gasteiger partial charge in [0.2, 0.25) is 0 Å². The number of rotatable bonds is 6. The third kappa shape index (κ3) is 4.35. The van der Waals surface area contributed by atoms with E-state index in [9.17, 15) is 0 Å². The van der Waals surface area contributed by atoms with Crippen molar-refractivity contribution in [1.29, 1.82) is 0 Å². The van der Waals surface area contributed by atoms with E-state index in [0.29, 0.717) is 0 Å². The van der Waals surface area contributed by atoms with Gasteiger partial charge in [-0.2, -0.15) is 0 Å². The van der Waals surface area contributed by atoms with Crippen molar-refractivity contribution >= 4 is 17.3 Å². The van der Waals surface area contributed by atoms with Crippen LogP contribution in [0.2, 0.25) is 0 Å². The van der Waals surface area contributed by atoms with Gasteiger partial charge in [0.25, 0.3) is 0 Å². The standard InChI is InChI=1S/C24H26N4O2S/c31-24-26-22(19-8-4-5-11-25-19)23(28(24)13-12-27-14-16-29-17-15-27)21-10-9-20(30-21)18-6-2-1-3-7-18/h1-11,22-23H,12-17H2,(H,26,31)/t22-,23+/m0/s1. The number of thiocarbonyl (C=S) groups is 1. The number of nitrogens with zero attached hydrogens (tertiary/aromatic N) is 3. The van der Waals surface area contributed by atoms with Crippen LogP contribution in [0.1, 0.15) is 23.5 Å². The molecule has 2 atom stereocenters. The highest BCUT2D eigenvalue weighted by molar-refractivity contribution is 7.80. The van der Waals surface area contributed by atoms with E-state index in [1.165, 1.54) is 0 Å². The zero-order valence-corrected chi connectivity index (χ0v) is 18.1. The molecule has 0 unspecified atom stereocenters. The van der Waals surface area contributed by atoms with E-state index in [1.54, 1.807) is 0 Å². The minimum Gasteiger partial charge on any atom is -0.459 e. The molecule has 31 heavy (non-hydrogen) atoms. The minimum atomic E-state index is -0.0619. The Balaban J connectivity index is 1.44. The molecule has 3 aromatic rings. The van der Waals surface area contributed by atoms with Gasteiger partial charge in [0, 0.05) is 37.9 Å². The summed E-state index contributed by atoms with van der Waals surface area (Å²) in [5.74, 6) is 1.75. The molecule has 2 fully saturated rings. The Kier molecular flexibility index (Phi) is 5.97. The van der Waals surface area contributed by atoms with Gasteiger partial charge in [0.1, 0.15) is 17.6 Å². The molecule has 4 heterocycles. The van der Waals surface area contributed by atoms with E-state index in [-0.39, 0.29) is 12.1 Å². The molecule has 1 aromatic carbocycles. The molecule has 0 saturated carbocycles. The van der Waals surface area contributed by atoms with Crippen LogP contribution in [0.25, 0.3) is 11.3 Å². The molecule has 0 radical (unpaired) electrons. The molecule has 1 N–H and O–H groups in total. The second-order valence-corrected chi connectivity index (χ2v) is 8.23. The van der Waals surface area contributed by atoms with Gasteiger partial charge < -0.3 is 19.4 Å². The van der Waals surface area contributed by atoms with Crippen molar-refractivity contribution in [2.24, 2.45) is 0 Å². The van der Waals surface area contributed by atoms with E-state index < -0.39 is 0 Å². The van der Waals surface area contributed by atoms with Crippen molar-refractivity contribution in [3.63, 3.8) is 0 Å². The fourth-order valence-corrected chi connectivity index (χ4v) is 4.63. The molecule has 0 amide bonds. The monoisotopic (exact) mass is 434 g/mol. The Morgan fingerprint density at radius 3 is 2.55 bits per heavy atom. The molecule has 160 valence electrons. The molecule has 2 aliphatic heterocycles. The molecular weight excluding hydrogens is 408 g/mol. The average molecular weight is 435 g/mol. The van der Waals surface area contributed by atoms with Crippen LogP contribution >= 0.6 is 12.2 Å². The van der Waals surface area contributed by atoms with Gasteiger partial charge in [-0.25, -0.2) is 0 Å². The summed E-state index contributed by atoms with van der Waals surface area (Å²) >= 11 is 5.76. The van der Waals surface area contributed by atoms with Gasteiger partial charge in [0.05, 0.1) is 24.9 Å². The molecule has 0 spiro atoms. The number of benzene rings is 1. The first-order chi connectivity index (χ1) is 15.3. The predicted octanol–water partition coefficient (Wildman–Crippen LogP) is 3.65. The lowest BCUT2D eigenvalue weighted by atomic mass is 10.0. The predicted molar refractivity (Wildman–Crippen MR) is 124 cm³/mol. The molecule has 2 saturated heterocycles. The van der Waals surface area contributed by atoms with E-state index in [1.807, 2.05) is 48.7 Å². The summed E-state index contributed by atoms with van der Waals surface area (Å²) in [4.78, 5) is 9.28. The Hall–Kier alpha value is -2.74. The van der Waals surface area contributed by atoms with Gasteiger partial charge in [-0.1, -0.05) is 36.4 Å². The van der Waals surface area contributed by atoms with Crippen LogP contribution in [-0.4, -0.2) is 59.3 Å². The van der Waals surface area contributed by atoms with Gasteiger partial charge in [-0.3, -0.25) is 9.88 Å². The summed E-state index contributed by atoms with van der Waals surface area (Å²) in [6.45, 7) is 5.26. The molecule has 2 aromatic heterocycles. The molecule has 6 nitrogen and oxygen atoms in total. The summed E-state index contributed by atoms with van der Waals surface area (Å²) in [5, 5.41) is 4.24. The van der Waals surface area contributed by atoms with E-state index >= 15 is 0 Å². The number of morpholine rings is 1. The lowest BCUT2D eigenvalue weighted by Gasteiger charge is -2.31. The zero-order valence-electron chi connectivity index (χ0n) is 17.3. The van der Waals surface area contributed by atoms with Crippen LogP contribution in [0.5, 0.6) is 0 Å². The van der Waals surface area contributed by atoms with Gasteiger partial charge in [-0.05, 0) is 36.5 Å². The van der Waals surface area contributed by atoms with Crippen LogP contribution < -0.4 is 5.32 Å². The second-order valence-electron chi connectivity index (χ2n) is 7.84. The Morgan fingerprint density at radius 2 is 1.77 bits per heavy atom. The molecule has 0 bridgehead atoms. The summed E-state index contributed by atoms with van der Waals surface area (Å²) in [6, 6.07) is 20.2. The number of hydrogen-bond donors (Lipinski definition) is 1. The van der Waals surface area contributed by atoms with Crippen molar-refractivity contribution in [2.75, 3.05) is 39.4 Å². The van der Waals surface area contributed by atoms with Crippen LogP contribution in [0.15, 0.2) is 71.3 Å². The maximum absolute atomic E-state index is 6.37. The fraction of sp³-hybridized carbons (Fsp3) is 0.333. The van der Waals surface area contributed by atoms with Crippen molar-refractivity contribution in [3.8, 4) is 11.3 Å². The van der Waals surface area contributed by atoms with Crippen LogP contribution in [-0.2, 0) is 4.74 Å². The first-order valence-corrected chi connectivity index (χ1v) is 11.1. The van der Waals surface area contributed by atoms with Crippen molar-refractivity contribution in [3.05, 3.63) is 78.3 Å². The van der Waals surface area contributed by atoms with Crippen molar-refractivity contribution in [2.45, 2.75) is 12.1 Å². The van der Waals surface area contributed by atoms with Crippen molar-refractivity contribution in [1.82, 2.24) is 20.1 Å². The van der Waals surface area contributed by atoms with Crippen LogP contribution in [0.4, 0.5) is 0 Å². The maximum atomic E-state index is 6.37. The normalized spacial score (nSPS) is 21.9. The lowest BCUT2D eigenvalue weighted by molar-refractivity contribution is 0.0347. The number of ether oxygens (including phenoxy) is 1. The minimum absolute atomic E-state index is 0.0547. The fourth-order valence-electron chi connectivity index (χ4n) is 4.30. The number of pyridine rings is 1. The maximum Gasteiger partial charge on any atom is 0.170 e. The summed E-state index contributed by atoms with van der Waals surface area (Å²) in [5.41, 5.74) is 2.03. The Bertz CT molecular complexity index is 1000. The Morgan fingerprint density at radius 1 is 0.968 bits per heavy atom. The largest absolute Gasteiger partial charge is 0.459 e. The molecule has 2 aliphatic rings. The smallest absolute Gasteiger partial charge is 0.170 e. The zero-order chi connectivity index (χ0) is 21.0. The molecule has 5 rings (SSSR count). The number of furan rings is 1. The summed E-state index contributed by atoms with van der Waals surface area (Å²) in [6.07, 6.45) is 1.82. The third-order valence-corrected chi connectivity index (χ3v) is 6.29. The highest BCUT2D eigenvalue weighted by Gasteiger charge is 2.41. The van der Waals surface area contributed by atoms with E-state index in [0.717, 1.165) is 67.3 Å². The molecule has 0 aliphatic carbocycles. The topological polar surface area (TPSA) is 53.8 Å². The van der Waals surface area contributed by atoms with E-state index in [4.69, 9.17) is 21.4 Å². The van der Waals surface area contributed by atoms with Gasteiger partial charge in [-0.15, -0.1) is 0 Å². The van der Waals surface area contributed by atoms with Gasteiger partial charge >= 0.3 is 0 Å². The van der Waals surface area contributed by atoms with Crippen molar-refractivity contribution < 1.29 is 9.15 Å². The Labute approximate surface area is 187 Å². The van der Waals surface area contributed by atoms with Gasteiger partial charge in [0.15, 0.2) is 5.11 Å².